The zero-order valence-corrected chi connectivity index (χ0v) is 17.2. The Morgan fingerprint density at radius 3 is 2.34 bits per heavy atom. The number of hydrogen-bond donors (Lipinski definition) is 3. The molecule has 1 rings (SSSR count). The highest BCUT2D eigenvalue weighted by Crippen LogP contribution is 2.04. The minimum Gasteiger partial charge on any atom is -0.480 e. The van der Waals surface area contributed by atoms with Gasteiger partial charge < -0.3 is 15.7 Å². The number of carbonyl (C=O) groups is 3. The minimum atomic E-state index is -3.46. The molecule has 0 aliphatic rings. The van der Waals surface area contributed by atoms with Crippen molar-refractivity contribution in [2.45, 2.75) is 44.3 Å². The van der Waals surface area contributed by atoms with Crippen LogP contribution in [0.5, 0.6) is 0 Å². The predicted octanol–water partition coefficient (Wildman–Crippen LogP) is -0.256. The third-order valence-corrected chi connectivity index (χ3v) is 4.45. The molecule has 0 aliphatic carbocycles. The van der Waals surface area contributed by atoms with Gasteiger partial charge in [-0.2, -0.15) is 0 Å². The van der Waals surface area contributed by atoms with Gasteiger partial charge in [-0.05, 0) is 12.3 Å². The molecule has 1 atom stereocenters. The molecule has 10 nitrogen and oxygen atoms in total. The second-order valence-electron chi connectivity index (χ2n) is 6.58. The number of carboxylic acids is 1. The van der Waals surface area contributed by atoms with Crippen LogP contribution in [0.1, 0.15) is 38.7 Å². The third-order valence-electron chi connectivity index (χ3n) is 3.58. The Kier molecular flexibility index (Phi) is 9.21. The van der Waals surface area contributed by atoms with Crippen LogP contribution >= 0.6 is 0 Å². The van der Waals surface area contributed by atoms with Crippen LogP contribution in [-0.4, -0.2) is 60.1 Å². The van der Waals surface area contributed by atoms with Crippen LogP contribution in [0.25, 0.3) is 0 Å². The molecule has 11 heteroatoms. The van der Waals surface area contributed by atoms with Gasteiger partial charge in [-0.3, -0.25) is 14.4 Å². The molecule has 158 valence electrons. The zero-order chi connectivity index (χ0) is 22.0. The lowest BCUT2D eigenvalue weighted by Crippen LogP contribution is -2.50. The molecule has 29 heavy (non-hydrogen) atoms. The van der Waals surface area contributed by atoms with Crippen molar-refractivity contribution >= 4 is 27.6 Å². The number of rotatable bonds is 9. The summed E-state index contributed by atoms with van der Waals surface area (Å²) in [6.07, 6.45) is 4.63. The summed E-state index contributed by atoms with van der Waals surface area (Å²) in [5.41, 5.74) is 0.455. The summed E-state index contributed by atoms with van der Waals surface area (Å²) >= 11 is 0. The molecule has 1 aromatic rings. The summed E-state index contributed by atoms with van der Waals surface area (Å²) in [5.74, 6) is 3.37. The van der Waals surface area contributed by atoms with Crippen LogP contribution in [0, 0.1) is 17.8 Å². The summed E-state index contributed by atoms with van der Waals surface area (Å²) in [6, 6.07) is -0.821. The number of sulfone groups is 1. The maximum absolute atomic E-state index is 12.0. The molecule has 0 fully saturated rings. The fraction of sp³-hybridized carbons (Fsp3) is 0.500. The van der Waals surface area contributed by atoms with Crippen molar-refractivity contribution in [1.29, 1.82) is 0 Å². The number of amides is 2. The van der Waals surface area contributed by atoms with Gasteiger partial charge in [-0.15, -0.1) is 0 Å². The molecular formula is C18H24N4O6S. The SMILES string of the molecule is CC(C)C(NC(=O)CCCC#Cc1cnc(S(C)(=O)=O)nc1)C(=O)NCC(=O)O. The average Bonchev–Trinajstić information content (AvgIpc) is 2.63. The Balaban J connectivity index is 2.47. The fourth-order valence-electron chi connectivity index (χ4n) is 2.13. The number of aromatic nitrogens is 2. The van der Waals surface area contributed by atoms with E-state index >= 15 is 0 Å². The highest BCUT2D eigenvalue weighted by molar-refractivity contribution is 7.90. The first kappa shape index (κ1) is 24.0. The Bertz CT molecular complexity index is 901. The zero-order valence-electron chi connectivity index (χ0n) is 16.4. The molecule has 0 radical (unpaired) electrons. The normalized spacial score (nSPS) is 11.9. The Morgan fingerprint density at radius 2 is 1.83 bits per heavy atom. The molecule has 0 saturated carbocycles. The van der Waals surface area contributed by atoms with E-state index in [9.17, 15) is 22.8 Å². The average molecular weight is 424 g/mol. The topological polar surface area (TPSA) is 155 Å². The van der Waals surface area contributed by atoms with Crippen LogP contribution in [0.2, 0.25) is 0 Å². The molecule has 1 heterocycles. The molecule has 1 unspecified atom stereocenters. The number of aliphatic carboxylic acids is 1. The second-order valence-corrected chi connectivity index (χ2v) is 8.49. The Labute approximate surface area is 169 Å². The maximum atomic E-state index is 12.0. The lowest BCUT2D eigenvalue weighted by Gasteiger charge is -2.21. The van der Waals surface area contributed by atoms with E-state index < -0.39 is 34.3 Å². The Hall–Kier alpha value is -3.00. The lowest BCUT2D eigenvalue weighted by atomic mass is 10.0. The summed E-state index contributed by atoms with van der Waals surface area (Å²) in [4.78, 5) is 42.0. The van der Waals surface area contributed by atoms with Crippen LogP contribution in [0.15, 0.2) is 17.6 Å². The third kappa shape index (κ3) is 9.16. The van der Waals surface area contributed by atoms with Crippen LogP contribution in [0.3, 0.4) is 0 Å². The quantitative estimate of drug-likeness (QED) is 0.278. The maximum Gasteiger partial charge on any atom is 0.322 e. The van der Waals surface area contributed by atoms with Gasteiger partial charge >= 0.3 is 5.97 Å². The van der Waals surface area contributed by atoms with E-state index in [4.69, 9.17) is 5.11 Å². The number of carboxylic acid groups (broad SMARTS) is 1. The van der Waals surface area contributed by atoms with E-state index in [1.807, 2.05) is 0 Å². The Morgan fingerprint density at radius 1 is 1.21 bits per heavy atom. The van der Waals surface area contributed by atoms with Gasteiger partial charge in [0.25, 0.3) is 0 Å². The van der Waals surface area contributed by atoms with E-state index in [1.165, 1.54) is 12.4 Å². The van der Waals surface area contributed by atoms with Crippen LogP contribution in [0.4, 0.5) is 0 Å². The molecule has 0 saturated heterocycles. The molecule has 2 amide bonds. The highest BCUT2D eigenvalue weighted by atomic mass is 32.2. The molecule has 0 bridgehead atoms. The van der Waals surface area contributed by atoms with Gasteiger partial charge in [0.05, 0.1) is 5.56 Å². The van der Waals surface area contributed by atoms with Gasteiger partial charge in [0, 0.05) is 31.5 Å². The van der Waals surface area contributed by atoms with Crippen molar-refractivity contribution in [2.24, 2.45) is 5.92 Å². The number of nitrogens with one attached hydrogen (secondary N) is 2. The van der Waals surface area contributed by atoms with Gasteiger partial charge in [0.15, 0.2) is 0 Å². The molecule has 1 aromatic heterocycles. The standard InChI is InChI=1S/C18H24N4O6S/c1-12(2)16(17(26)19-11-15(24)25)22-14(23)8-6-4-5-7-13-9-20-18(21-10-13)29(3,27)28/h9-10,12,16H,4,6,8,11H2,1-3H3,(H,19,26)(H,22,23)(H,24,25). The van der Waals surface area contributed by atoms with Gasteiger partial charge in [0.1, 0.15) is 12.6 Å². The largest absolute Gasteiger partial charge is 0.480 e. The van der Waals surface area contributed by atoms with Gasteiger partial charge in [0.2, 0.25) is 26.8 Å². The van der Waals surface area contributed by atoms with E-state index in [1.54, 1.807) is 13.8 Å². The molecule has 3 N–H and O–H groups in total. The first-order valence-corrected chi connectivity index (χ1v) is 10.7. The highest BCUT2D eigenvalue weighted by Gasteiger charge is 2.24. The second kappa shape index (κ2) is 11.1. The summed E-state index contributed by atoms with van der Waals surface area (Å²) in [5, 5.41) is 13.2. The number of carbonyl (C=O) groups excluding carboxylic acids is 2. The van der Waals surface area contributed by atoms with Crippen molar-refractivity contribution in [3.8, 4) is 11.8 Å². The van der Waals surface area contributed by atoms with Gasteiger partial charge in [-0.25, -0.2) is 18.4 Å². The molecule has 0 aliphatic heterocycles. The number of unbranched alkanes of at least 4 members (excludes halogenated alkanes) is 1. The van der Waals surface area contributed by atoms with Crippen molar-refractivity contribution in [3.05, 3.63) is 18.0 Å². The van der Waals surface area contributed by atoms with Crippen molar-refractivity contribution in [1.82, 2.24) is 20.6 Å². The summed E-state index contributed by atoms with van der Waals surface area (Å²) < 4.78 is 22.6. The minimum absolute atomic E-state index is 0.146. The van der Waals surface area contributed by atoms with Crippen LogP contribution in [-0.2, 0) is 24.2 Å². The smallest absolute Gasteiger partial charge is 0.322 e. The fourth-order valence-corrected chi connectivity index (χ4v) is 2.62. The van der Waals surface area contributed by atoms with E-state index in [-0.39, 0.29) is 23.4 Å². The van der Waals surface area contributed by atoms with Crippen molar-refractivity contribution < 1.29 is 27.9 Å². The monoisotopic (exact) mass is 424 g/mol. The van der Waals surface area contributed by atoms with E-state index in [2.05, 4.69) is 32.4 Å². The molecule has 0 spiro atoms. The van der Waals surface area contributed by atoms with E-state index in [0.717, 1.165) is 6.26 Å². The van der Waals surface area contributed by atoms with Gasteiger partial charge in [-0.1, -0.05) is 25.7 Å². The van der Waals surface area contributed by atoms with E-state index in [0.29, 0.717) is 18.4 Å². The van der Waals surface area contributed by atoms with Crippen molar-refractivity contribution in [3.63, 3.8) is 0 Å². The van der Waals surface area contributed by atoms with Crippen LogP contribution < -0.4 is 10.6 Å². The molecular weight excluding hydrogens is 400 g/mol. The summed E-state index contributed by atoms with van der Waals surface area (Å²) in [7, 11) is -3.46. The first-order valence-electron chi connectivity index (χ1n) is 8.80. The first-order chi connectivity index (χ1) is 13.5. The lowest BCUT2D eigenvalue weighted by molar-refractivity contribution is -0.138. The predicted molar refractivity (Wildman–Crippen MR) is 103 cm³/mol. The van der Waals surface area contributed by atoms with Crippen molar-refractivity contribution in [2.75, 3.05) is 12.8 Å². The number of hydrogen-bond acceptors (Lipinski definition) is 7. The molecule has 0 aromatic carbocycles. The summed E-state index contributed by atoms with van der Waals surface area (Å²) in [6.45, 7) is 2.98. The number of nitrogens with zero attached hydrogens (tertiary/aromatic N) is 2.